The number of hydrogen-bond donors (Lipinski definition) is 2. The van der Waals surface area contributed by atoms with Gasteiger partial charge in [0, 0.05) is 4.88 Å². The van der Waals surface area contributed by atoms with Crippen molar-refractivity contribution in [2.45, 2.75) is 26.3 Å². The van der Waals surface area contributed by atoms with E-state index in [1.807, 2.05) is 38.1 Å². The van der Waals surface area contributed by atoms with E-state index in [9.17, 15) is 4.79 Å². The first-order valence-corrected chi connectivity index (χ1v) is 11.4. The van der Waals surface area contributed by atoms with Gasteiger partial charge in [0.15, 0.2) is 0 Å². The minimum Gasteiger partial charge on any atom is -0.342 e. The monoisotopic (exact) mass is 427 g/mol. The number of hydrogen-bond acceptors (Lipinski definition) is 7. The van der Waals surface area contributed by atoms with Crippen LogP contribution in [0.2, 0.25) is 0 Å². The third-order valence-corrected chi connectivity index (χ3v) is 6.65. The van der Waals surface area contributed by atoms with Crippen LogP contribution in [0.3, 0.4) is 0 Å². The number of thioether (sulfide) groups is 1. The fraction of sp³-hybridized carbons (Fsp3) is 0.316. The van der Waals surface area contributed by atoms with Gasteiger partial charge in [-0.05, 0) is 60.4 Å². The minimum absolute atomic E-state index is 0.149. The second kappa shape index (κ2) is 8.34. The minimum atomic E-state index is -0.219. The molecule has 4 aromatic rings. The summed E-state index contributed by atoms with van der Waals surface area (Å²) in [6, 6.07) is 7.66. The summed E-state index contributed by atoms with van der Waals surface area (Å²) in [5.74, 6) is 1.52. The quantitative estimate of drug-likeness (QED) is 0.468. The molecule has 1 amide bonds. The van der Waals surface area contributed by atoms with E-state index < -0.39 is 0 Å². The standard InChI is InChI=1S/C19H21N7OS2/c1-11-12(2)29-19(26-10-20-24-25-26)16(11)18(27)23-15(8-9-28-3)17-21-13-6-4-5-7-14(13)22-17/h4-7,10,15H,8-9H2,1-3H3,(H,21,22)(H,23,27)/t15-/m1/s1. The Hall–Kier alpha value is -2.72. The summed E-state index contributed by atoms with van der Waals surface area (Å²) in [5, 5.41) is 15.3. The average molecular weight is 428 g/mol. The fourth-order valence-corrected chi connectivity index (χ4v) is 4.71. The molecule has 0 spiro atoms. The highest BCUT2D eigenvalue weighted by Gasteiger charge is 2.25. The summed E-state index contributed by atoms with van der Waals surface area (Å²) in [4.78, 5) is 22.4. The van der Waals surface area contributed by atoms with Crippen molar-refractivity contribution in [2.75, 3.05) is 12.0 Å². The highest BCUT2D eigenvalue weighted by molar-refractivity contribution is 7.98. The van der Waals surface area contributed by atoms with E-state index in [0.717, 1.165) is 44.5 Å². The summed E-state index contributed by atoms with van der Waals surface area (Å²) in [7, 11) is 0. The van der Waals surface area contributed by atoms with Crippen LogP contribution in [0.15, 0.2) is 30.6 Å². The lowest BCUT2D eigenvalue weighted by molar-refractivity contribution is 0.0934. The molecule has 0 saturated carbocycles. The summed E-state index contributed by atoms with van der Waals surface area (Å²) < 4.78 is 1.54. The van der Waals surface area contributed by atoms with Crippen molar-refractivity contribution in [3.63, 3.8) is 0 Å². The number of imidazole rings is 1. The van der Waals surface area contributed by atoms with E-state index in [-0.39, 0.29) is 11.9 Å². The van der Waals surface area contributed by atoms with Crippen LogP contribution >= 0.6 is 23.1 Å². The van der Waals surface area contributed by atoms with Crippen molar-refractivity contribution in [3.8, 4) is 5.00 Å². The zero-order valence-corrected chi connectivity index (χ0v) is 18.0. The summed E-state index contributed by atoms with van der Waals surface area (Å²) in [6.45, 7) is 3.95. The van der Waals surface area contributed by atoms with Crippen LogP contribution in [0, 0.1) is 13.8 Å². The molecule has 0 saturated heterocycles. The van der Waals surface area contributed by atoms with Crippen molar-refractivity contribution in [2.24, 2.45) is 0 Å². The smallest absolute Gasteiger partial charge is 0.255 e. The first-order chi connectivity index (χ1) is 14.1. The molecule has 0 unspecified atom stereocenters. The van der Waals surface area contributed by atoms with Crippen molar-refractivity contribution < 1.29 is 4.79 Å². The molecule has 0 aliphatic rings. The highest BCUT2D eigenvalue weighted by Crippen LogP contribution is 2.31. The van der Waals surface area contributed by atoms with Gasteiger partial charge in [0.2, 0.25) is 0 Å². The number of aryl methyl sites for hydroxylation is 1. The second-order valence-electron chi connectivity index (χ2n) is 6.66. The Kier molecular flexibility index (Phi) is 5.63. The number of tetrazole rings is 1. The van der Waals surface area contributed by atoms with E-state index in [0.29, 0.717) is 5.56 Å². The normalized spacial score (nSPS) is 12.4. The van der Waals surface area contributed by atoms with Gasteiger partial charge in [0.05, 0.1) is 22.6 Å². The van der Waals surface area contributed by atoms with Crippen LogP contribution in [0.5, 0.6) is 0 Å². The third-order valence-electron chi connectivity index (χ3n) is 4.80. The molecule has 0 aliphatic heterocycles. The molecule has 0 radical (unpaired) electrons. The maximum atomic E-state index is 13.3. The Morgan fingerprint density at radius 2 is 2.17 bits per heavy atom. The number of aromatic amines is 1. The molecule has 29 heavy (non-hydrogen) atoms. The second-order valence-corrected chi connectivity index (χ2v) is 8.85. The fourth-order valence-electron chi connectivity index (χ4n) is 3.17. The Morgan fingerprint density at radius 1 is 1.34 bits per heavy atom. The number of aromatic nitrogens is 6. The van der Waals surface area contributed by atoms with Gasteiger partial charge in [-0.15, -0.1) is 16.4 Å². The number of rotatable bonds is 7. The van der Waals surface area contributed by atoms with Gasteiger partial charge in [-0.1, -0.05) is 12.1 Å². The van der Waals surface area contributed by atoms with Crippen LogP contribution in [-0.2, 0) is 0 Å². The molecule has 2 N–H and O–H groups in total. The van der Waals surface area contributed by atoms with Gasteiger partial charge in [-0.2, -0.15) is 16.4 Å². The van der Waals surface area contributed by atoms with Gasteiger partial charge >= 0.3 is 0 Å². The zero-order chi connectivity index (χ0) is 20.4. The molecule has 1 atom stereocenters. The maximum Gasteiger partial charge on any atom is 0.255 e. The SMILES string of the molecule is CSCC[C@@H](NC(=O)c1c(-n2cnnn2)sc(C)c1C)c1nc2ccccc2[nH]1. The van der Waals surface area contributed by atoms with E-state index in [1.165, 1.54) is 22.3 Å². The topological polar surface area (TPSA) is 101 Å². The van der Waals surface area contributed by atoms with Crippen LogP contribution in [0.1, 0.15) is 39.1 Å². The van der Waals surface area contributed by atoms with Crippen LogP contribution < -0.4 is 5.32 Å². The maximum absolute atomic E-state index is 13.3. The van der Waals surface area contributed by atoms with E-state index >= 15 is 0 Å². The lowest BCUT2D eigenvalue weighted by Gasteiger charge is -2.17. The van der Waals surface area contributed by atoms with Gasteiger partial charge in [0.25, 0.3) is 5.91 Å². The molecular formula is C19H21N7OS2. The molecule has 0 fully saturated rings. The van der Waals surface area contributed by atoms with Crippen LogP contribution in [-0.4, -0.2) is 48.1 Å². The van der Waals surface area contributed by atoms with E-state index in [1.54, 1.807) is 11.8 Å². The number of nitrogens with zero attached hydrogens (tertiary/aromatic N) is 5. The van der Waals surface area contributed by atoms with E-state index in [2.05, 4.69) is 32.1 Å². The molecule has 3 heterocycles. The number of para-hydroxylation sites is 2. The molecular weight excluding hydrogens is 406 g/mol. The van der Waals surface area contributed by atoms with Crippen LogP contribution in [0.25, 0.3) is 16.0 Å². The molecule has 4 rings (SSSR count). The lowest BCUT2D eigenvalue weighted by Crippen LogP contribution is -2.30. The first-order valence-electron chi connectivity index (χ1n) is 9.16. The number of H-pyrrole nitrogens is 1. The largest absolute Gasteiger partial charge is 0.342 e. The number of nitrogens with one attached hydrogen (secondary N) is 2. The van der Waals surface area contributed by atoms with E-state index in [4.69, 9.17) is 4.98 Å². The van der Waals surface area contributed by atoms with Gasteiger partial charge in [0.1, 0.15) is 17.2 Å². The Balaban J connectivity index is 1.67. The Bertz CT molecular complexity index is 1100. The lowest BCUT2D eigenvalue weighted by atomic mass is 10.1. The number of thiophene rings is 1. The molecule has 0 aliphatic carbocycles. The summed E-state index contributed by atoms with van der Waals surface area (Å²) in [6.07, 6.45) is 4.33. The number of carbonyl (C=O) groups excluding carboxylic acids is 1. The molecule has 150 valence electrons. The van der Waals surface area contributed by atoms with Crippen molar-refractivity contribution in [1.29, 1.82) is 0 Å². The Morgan fingerprint density at radius 3 is 2.90 bits per heavy atom. The van der Waals surface area contributed by atoms with Crippen molar-refractivity contribution >= 4 is 40.0 Å². The highest BCUT2D eigenvalue weighted by atomic mass is 32.2. The molecule has 0 bridgehead atoms. The predicted octanol–water partition coefficient (Wildman–Crippen LogP) is 3.44. The first kappa shape index (κ1) is 19.6. The average Bonchev–Trinajstić information content (AvgIpc) is 3.44. The summed E-state index contributed by atoms with van der Waals surface area (Å²) in [5.41, 5.74) is 3.39. The molecule has 8 nitrogen and oxygen atoms in total. The summed E-state index contributed by atoms with van der Waals surface area (Å²) >= 11 is 3.24. The zero-order valence-electron chi connectivity index (χ0n) is 16.3. The number of fused-ring (bicyclic) bond motifs is 1. The third kappa shape index (κ3) is 3.90. The number of amides is 1. The predicted molar refractivity (Wildman–Crippen MR) is 116 cm³/mol. The Labute approximate surface area is 176 Å². The van der Waals surface area contributed by atoms with Crippen molar-refractivity contribution in [3.05, 3.63) is 52.4 Å². The van der Waals surface area contributed by atoms with Gasteiger partial charge in [-0.25, -0.2) is 4.98 Å². The number of carbonyl (C=O) groups is 1. The molecule has 10 heteroatoms. The van der Waals surface area contributed by atoms with Crippen LogP contribution in [0.4, 0.5) is 0 Å². The van der Waals surface area contributed by atoms with Gasteiger partial charge < -0.3 is 10.3 Å². The number of benzene rings is 1. The molecule has 1 aromatic carbocycles. The molecule has 3 aromatic heterocycles. The van der Waals surface area contributed by atoms with Gasteiger partial charge in [-0.3, -0.25) is 4.79 Å². The van der Waals surface area contributed by atoms with Crippen molar-refractivity contribution in [1.82, 2.24) is 35.5 Å².